The van der Waals surface area contributed by atoms with Gasteiger partial charge in [0.1, 0.15) is 13.2 Å². The largest absolute Gasteiger partial charge is 0.477 e. The average Bonchev–Trinajstić information content (AvgIpc) is 3.44. The highest BCUT2D eigenvalue weighted by atomic mass is 16.7. The molecule has 462 valence electrons. The maximum Gasteiger partial charge on any atom is 0.361 e. The minimum Gasteiger partial charge on any atom is -0.477 e. The first-order valence-electron chi connectivity index (χ1n) is 32.7. The summed E-state index contributed by atoms with van der Waals surface area (Å²) in [5.74, 6) is -2.09. The number of quaternary nitrogens is 1. The molecule has 0 heterocycles. The van der Waals surface area contributed by atoms with Crippen molar-refractivity contribution in [3.63, 3.8) is 0 Å². The molecule has 0 rings (SSSR count). The number of hydrogen-bond acceptors (Lipinski definition) is 7. The van der Waals surface area contributed by atoms with Gasteiger partial charge >= 0.3 is 17.9 Å². The van der Waals surface area contributed by atoms with Gasteiger partial charge in [0.2, 0.25) is 0 Å². The lowest BCUT2D eigenvalue weighted by Gasteiger charge is -2.25. The van der Waals surface area contributed by atoms with Crippen LogP contribution < -0.4 is 0 Å². The Morgan fingerprint density at radius 2 is 0.716 bits per heavy atom. The molecule has 9 nitrogen and oxygen atoms in total. The number of aliphatic carboxylic acids is 1. The number of hydrogen-bond donors (Lipinski definition) is 1. The van der Waals surface area contributed by atoms with E-state index < -0.39 is 24.3 Å². The van der Waals surface area contributed by atoms with Crippen molar-refractivity contribution in [3.8, 4) is 0 Å². The number of ether oxygens (including phenoxy) is 4. The Morgan fingerprint density at radius 3 is 1.09 bits per heavy atom. The van der Waals surface area contributed by atoms with E-state index in [0.717, 1.165) is 77.0 Å². The van der Waals surface area contributed by atoms with E-state index in [0.29, 0.717) is 23.9 Å². The molecule has 0 amide bonds. The van der Waals surface area contributed by atoms with Crippen molar-refractivity contribution < 1.29 is 42.9 Å². The molecule has 2 atom stereocenters. The Balaban J connectivity index is 4.21. The van der Waals surface area contributed by atoms with E-state index >= 15 is 0 Å². The quantitative estimate of drug-likeness (QED) is 0.0211. The monoisotopic (exact) mass is 1130 g/mol. The van der Waals surface area contributed by atoms with Gasteiger partial charge < -0.3 is 28.5 Å². The third-order valence-corrected chi connectivity index (χ3v) is 13.7. The number of carboxylic acids is 1. The fraction of sp³-hybridized carbons (Fsp3) is 0.681. The molecule has 0 spiro atoms. The summed E-state index contributed by atoms with van der Waals surface area (Å²) >= 11 is 0. The van der Waals surface area contributed by atoms with Gasteiger partial charge in [0.05, 0.1) is 34.4 Å². The van der Waals surface area contributed by atoms with Gasteiger partial charge in [0, 0.05) is 12.8 Å². The SMILES string of the molecule is CC/C=C\C/C=C\C/C=C\C/C=C\C/C=C\C/C=C\C/C=C\CCCC(=O)OC(COC(=O)CCCCCCCCCCCCCCCCCCCC/C=C\C/C=C\C/C=C\CCCCCCC)COC(OCC[N+](C)(C)C)C(=O)O. The molecule has 0 aromatic carbocycles. The van der Waals surface area contributed by atoms with Gasteiger partial charge in [-0.2, -0.15) is 0 Å². The average molecular weight is 1130 g/mol. The van der Waals surface area contributed by atoms with Crippen molar-refractivity contribution in [2.75, 3.05) is 47.5 Å². The summed E-state index contributed by atoms with van der Waals surface area (Å²) in [4.78, 5) is 37.5. The molecule has 0 bridgehead atoms. The van der Waals surface area contributed by atoms with Crippen LogP contribution in [0, 0.1) is 0 Å². The van der Waals surface area contributed by atoms with E-state index in [-0.39, 0.29) is 38.6 Å². The van der Waals surface area contributed by atoms with Crippen LogP contribution in [0.15, 0.2) is 122 Å². The van der Waals surface area contributed by atoms with E-state index in [9.17, 15) is 19.5 Å². The smallest absolute Gasteiger partial charge is 0.361 e. The number of carbonyl (C=O) groups is 3. The lowest BCUT2D eigenvalue weighted by Crippen LogP contribution is -2.40. The fourth-order valence-electron chi connectivity index (χ4n) is 8.72. The number of nitrogens with zero attached hydrogens (tertiary/aromatic N) is 1. The second-order valence-corrected chi connectivity index (χ2v) is 22.7. The highest BCUT2D eigenvalue weighted by molar-refractivity contribution is 5.71. The highest BCUT2D eigenvalue weighted by Gasteiger charge is 2.25. The van der Waals surface area contributed by atoms with Crippen molar-refractivity contribution in [1.29, 1.82) is 0 Å². The molecule has 81 heavy (non-hydrogen) atoms. The standard InChI is InChI=1S/C72H121NO8/c1-6-8-10-12-14-16-18-20-22-24-26-28-30-31-32-33-34-35-36-37-38-39-41-42-44-46-48-50-52-54-56-58-60-62-69(74)79-66-68(67-80-72(71(76)77)78-65-64-73(3,4)5)81-70(75)63-61-59-57-55-53-51-49-47-45-43-40-29-27-25-23-21-19-17-15-13-11-9-7-2/h9,11,15,17-18,20-21,23-24,26-27,29-31,43,45,49,51,55,57,68,72H,6-8,10,12-14,16,19,22,25,28,32-42,44,46-48,50,52-54,56,58-67H2,1-5H3/p+1/b11-9-,17-15-,20-18-,23-21-,26-24-,29-27-,31-30-,45-43-,51-49-,57-55-. The van der Waals surface area contributed by atoms with E-state index in [4.69, 9.17) is 18.9 Å². The summed E-state index contributed by atoms with van der Waals surface area (Å²) in [5.41, 5.74) is 0. The number of unbranched alkanes of at least 4 members (excludes halogenated alkanes) is 24. The minimum atomic E-state index is -1.53. The topological polar surface area (TPSA) is 108 Å². The molecular weight excluding hydrogens is 1010 g/mol. The summed E-state index contributed by atoms with van der Waals surface area (Å²) in [6.45, 7) is 4.69. The van der Waals surface area contributed by atoms with Gasteiger partial charge in [0.25, 0.3) is 6.29 Å². The van der Waals surface area contributed by atoms with E-state index in [2.05, 4.69) is 135 Å². The van der Waals surface area contributed by atoms with E-state index in [1.54, 1.807) is 0 Å². The van der Waals surface area contributed by atoms with E-state index in [1.807, 2.05) is 21.1 Å². The van der Waals surface area contributed by atoms with Gasteiger partial charge in [-0.25, -0.2) is 4.79 Å². The molecule has 0 aromatic heterocycles. The van der Waals surface area contributed by atoms with Gasteiger partial charge in [-0.05, 0) is 103 Å². The number of likely N-dealkylation sites (N-methyl/N-ethyl adjacent to an activating group) is 1. The number of rotatable bonds is 59. The predicted molar refractivity (Wildman–Crippen MR) is 345 cm³/mol. The molecular formula is C72H122NO8+. The zero-order chi connectivity index (χ0) is 59.1. The maximum absolute atomic E-state index is 12.9. The van der Waals surface area contributed by atoms with Gasteiger partial charge in [0.15, 0.2) is 6.10 Å². The van der Waals surface area contributed by atoms with Crippen LogP contribution in [0.2, 0.25) is 0 Å². The second-order valence-electron chi connectivity index (χ2n) is 22.7. The fourth-order valence-corrected chi connectivity index (χ4v) is 8.72. The Labute approximate surface area is 497 Å². The Morgan fingerprint density at radius 1 is 0.383 bits per heavy atom. The summed E-state index contributed by atoms with van der Waals surface area (Å²) < 4.78 is 22.9. The number of allylic oxidation sites excluding steroid dienone is 20. The predicted octanol–water partition coefficient (Wildman–Crippen LogP) is 20.0. The maximum atomic E-state index is 12.9. The molecule has 0 radical (unpaired) electrons. The van der Waals surface area contributed by atoms with Gasteiger partial charge in [-0.1, -0.05) is 264 Å². The minimum absolute atomic E-state index is 0.171. The zero-order valence-electron chi connectivity index (χ0n) is 52.7. The van der Waals surface area contributed by atoms with Crippen LogP contribution in [0.1, 0.15) is 258 Å². The summed E-state index contributed by atoms with van der Waals surface area (Å²) in [7, 11) is 5.95. The normalized spacial score (nSPS) is 13.5. The van der Waals surface area contributed by atoms with Crippen molar-refractivity contribution in [2.24, 2.45) is 0 Å². The first-order valence-corrected chi connectivity index (χ1v) is 32.7. The Kier molecular flexibility index (Phi) is 58.5. The Bertz CT molecular complexity index is 1740. The molecule has 0 aliphatic rings. The molecule has 1 N–H and O–H groups in total. The number of carbonyl (C=O) groups excluding carboxylic acids is 2. The number of esters is 2. The van der Waals surface area contributed by atoms with Crippen LogP contribution >= 0.6 is 0 Å². The first kappa shape index (κ1) is 76.7. The van der Waals surface area contributed by atoms with Crippen LogP contribution in [0.5, 0.6) is 0 Å². The summed E-state index contributed by atoms with van der Waals surface area (Å²) in [6, 6.07) is 0. The van der Waals surface area contributed by atoms with Crippen molar-refractivity contribution in [3.05, 3.63) is 122 Å². The lowest BCUT2D eigenvalue weighted by molar-refractivity contribution is -0.870. The van der Waals surface area contributed by atoms with Gasteiger partial charge in [-0.3, -0.25) is 9.59 Å². The summed E-state index contributed by atoms with van der Waals surface area (Å²) in [6.07, 6.45) is 84.5. The molecule has 0 fully saturated rings. The van der Waals surface area contributed by atoms with Crippen LogP contribution in [-0.2, 0) is 33.3 Å². The van der Waals surface area contributed by atoms with Gasteiger partial charge in [-0.15, -0.1) is 0 Å². The van der Waals surface area contributed by atoms with Crippen LogP contribution in [-0.4, -0.2) is 87.4 Å². The molecule has 0 saturated carbocycles. The molecule has 0 aliphatic heterocycles. The lowest BCUT2D eigenvalue weighted by atomic mass is 10.0. The third-order valence-electron chi connectivity index (χ3n) is 13.7. The van der Waals surface area contributed by atoms with Crippen LogP contribution in [0.4, 0.5) is 0 Å². The molecule has 0 aliphatic carbocycles. The van der Waals surface area contributed by atoms with Crippen LogP contribution in [0.3, 0.4) is 0 Å². The van der Waals surface area contributed by atoms with Crippen molar-refractivity contribution in [1.82, 2.24) is 0 Å². The second kappa shape index (κ2) is 61.8. The van der Waals surface area contributed by atoms with Crippen LogP contribution in [0.25, 0.3) is 0 Å². The third kappa shape index (κ3) is 63.1. The van der Waals surface area contributed by atoms with E-state index in [1.165, 1.54) is 141 Å². The highest BCUT2D eigenvalue weighted by Crippen LogP contribution is 2.16. The zero-order valence-corrected chi connectivity index (χ0v) is 52.7. The molecule has 9 heteroatoms. The van der Waals surface area contributed by atoms with Crippen molar-refractivity contribution >= 4 is 17.9 Å². The molecule has 0 aromatic rings. The molecule has 2 unspecified atom stereocenters. The molecule has 0 saturated heterocycles. The van der Waals surface area contributed by atoms with Crippen molar-refractivity contribution in [2.45, 2.75) is 270 Å². The first-order chi connectivity index (χ1) is 39.6. The Hall–Kier alpha value is -4.31. The summed E-state index contributed by atoms with van der Waals surface area (Å²) in [5, 5.41) is 9.72. The number of carboxylic acid groups (broad SMARTS) is 1.